The Labute approximate surface area is 108 Å². The molecule has 0 fully saturated rings. The topological polar surface area (TPSA) is 4.93 Å². The van der Waals surface area contributed by atoms with E-state index in [9.17, 15) is 0 Å². The molecule has 3 aromatic rings. The highest BCUT2D eigenvalue weighted by Crippen LogP contribution is 2.36. The summed E-state index contributed by atoms with van der Waals surface area (Å²) in [7, 11) is 2.15. The molecule has 0 saturated heterocycles. The molecule has 0 amide bonds. The Morgan fingerprint density at radius 3 is 2.22 bits per heavy atom. The molecular weight excluding hydrogens is 218 g/mol. The second-order valence-electron chi connectivity index (χ2n) is 6.03. The third-order valence-corrected chi connectivity index (χ3v) is 3.75. The van der Waals surface area contributed by atoms with Crippen molar-refractivity contribution in [3.05, 3.63) is 48.0 Å². The maximum Gasteiger partial charge on any atom is 0.0491 e. The number of aryl methyl sites for hydroxylation is 1. The number of fused-ring (bicyclic) bond motifs is 3. The summed E-state index contributed by atoms with van der Waals surface area (Å²) >= 11 is 0. The van der Waals surface area contributed by atoms with E-state index in [0.717, 1.165) is 0 Å². The van der Waals surface area contributed by atoms with Gasteiger partial charge in [-0.3, -0.25) is 0 Å². The fourth-order valence-corrected chi connectivity index (χ4v) is 2.83. The van der Waals surface area contributed by atoms with Gasteiger partial charge in [-0.05, 0) is 23.1 Å². The highest BCUT2D eigenvalue weighted by molar-refractivity contribution is 6.10. The van der Waals surface area contributed by atoms with Crippen LogP contribution in [0.15, 0.2) is 42.5 Å². The molecule has 0 bridgehead atoms. The van der Waals surface area contributed by atoms with Gasteiger partial charge in [-0.2, -0.15) is 0 Å². The molecule has 0 atom stereocenters. The van der Waals surface area contributed by atoms with Gasteiger partial charge < -0.3 is 4.57 Å². The summed E-state index contributed by atoms with van der Waals surface area (Å²) in [4.78, 5) is 0. The van der Waals surface area contributed by atoms with Crippen LogP contribution >= 0.6 is 0 Å². The zero-order valence-corrected chi connectivity index (χ0v) is 11.5. The molecule has 92 valence electrons. The fourth-order valence-electron chi connectivity index (χ4n) is 2.83. The monoisotopic (exact) mass is 237 g/mol. The minimum atomic E-state index is 0.170. The van der Waals surface area contributed by atoms with Gasteiger partial charge >= 0.3 is 0 Å². The fraction of sp³-hybridized carbons (Fsp3) is 0.294. The van der Waals surface area contributed by atoms with E-state index < -0.39 is 0 Å². The van der Waals surface area contributed by atoms with Crippen LogP contribution in [0.2, 0.25) is 0 Å². The number of para-hydroxylation sites is 1. The summed E-state index contributed by atoms with van der Waals surface area (Å²) in [5, 5.41) is 2.77. The van der Waals surface area contributed by atoms with E-state index in [0.29, 0.717) is 0 Å². The first-order valence-electron chi connectivity index (χ1n) is 6.47. The standard InChI is InChI=1S/C17H19N/c1-17(2,3)13-9-7-11-15-16(13)12-8-5-6-10-14(12)18(15)4/h5-11H,1-4H3. The van der Waals surface area contributed by atoms with E-state index in [2.05, 4.69) is 74.9 Å². The van der Waals surface area contributed by atoms with Crippen LogP contribution in [0.3, 0.4) is 0 Å². The summed E-state index contributed by atoms with van der Waals surface area (Å²) in [6.45, 7) is 6.84. The first kappa shape index (κ1) is 11.3. The Bertz CT molecular complexity index is 726. The molecule has 3 rings (SSSR count). The molecule has 1 heteroatoms. The van der Waals surface area contributed by atoms with Crippen LogP contribution in [0.4, 0.5) is 0 Å². The Balaban J connectivity index is 2.58. The van der Waals surface area contributed by atoms with Gasteiger partial charge in [-0.1, -0.05) is 51.1 Å². The van der Waals surface area contributed by atoms with Gasteiger partial charge in [-0.15, -0.1) is 0 Å². The van der Waals surface area contributed by atoms with Crippen LogP contribution in [0, 0.1) is 0 Å². The van der Waals surface area contributed by atoms with Crippen molar-refractivity contribution in [3.63, 3.8) is 0 Å². The molecule has 0 spiro atoms. The average molecular weight is 237 g/mol. The number of nitrogens with zero attached hydrogens (tertiary/aromatic N) is 1. The van der Waals surface area contributed by atoms with Crippen LogP contribution in [0.1, 0.15) is 26.3 Å². The van der Waals surface area contributed by atoms with E-state index in [1.807, 2.05) is 0 Å². The molecule has 0 aliphatic rings. The Morgan fingerprint density at radius 2 is 1.50 bits per heavy atom. The summed E-state index contributed by atoms with van der Waals surface area (Å²) in [5.74, 6) is 0. The summed E-state index contributed by atoms with van der Waals surface area (Å²) < 4.78 is 2.29. The minimum Gasteiger partial charge on any atom is -0.344 e. The first-order valence-corrected chi connectivity index (χ1v) is 6.47. The van der Waals surface area contributed by atoms with E-state index in [1.165, 1.54) is 27.4 Å². The Kier molecular flexibility index (Phi) is 2.28. The summed E-state index contributed by atoms with van der Waals surface area (Å²) in [6.07, 6.45) is 0. The first-order chi connectivity index (χ1) is 8.50. The molecule has 2 aromatic carbocycles. The number of aromatic nitrogens is 1. The van der Waals surface area contributed by atoms with E-state index in [4.69, 9.17) is 0 Å². The van der Waals surface area contributed by atoms with E-state index >= 15 is 0 Å². The van der Waals surface area contributed by atoms with Crippen molar-refractivity contribution >= 4 is 21.8 Å². The zero-order valence-electron chi connectivity index (χ0n) is 11.5. The lowest BCUT2D eigenvalue weighted by molar-refractivity contribution is 0.596. The highest BCUT2D eigenvalue weighted by atomic mass is 14.9. The van der Waals surface area contributed by atoms with Gasteiger partial charge in [0.15, 0.2) is 0 Å². The molecule has 1 aromatic heterocycles. The van der Waals surface area contributed by atoms with E-state index in [1.54, 1.807) is 0 Å². The van der Waals surface area contributed by atoms with Crippen molar-refractivity contribution in [1.29, 1.82) is 0 Å². The SMILES string of the molecule is Cn1c2ccccc2c2c(C(C)(C)C)cccc21. The van der Waals surface area contributed by atoms with Gasteiger partial charge in [0.05, 0.1) is 0 Å². The molecule has 0 saturated carbocycles. The van der Waals surface area contributed by atoms with Crippen molar-refractivity contribution in [2.24, 2.45) is 7.05 Å². The van der Waals surface area contributed by atoms with Crippen LogP contribution in [0.5, 0.6) is 0 Å². The molecule has 0 N–H and O–H groups in total. The largest absolute Gasteiger partial charge is 0.344 e. The number of hydrogen-bond donors (Lipinski definition) is 0. The third kappa shape index (κ3) is 1.47. The lowest BCUT2D eigenvalue weighted by Crippen LogP contribution is -2.11. The second-order valence-corrected chi connectivity index (χ2v) is 6.03. The molecule has 1 heterocycles. The zero-order chi connectivity index (χ0) is 12.9. The summed E-state index contributed by atoms with van der Waals surface area (Å²) in [6, 6.07) is 15.3. The van der Waals surface area contributed by atoms with Crippen LogP contribution in [-0.4, -0.2) is 4.57 Å². The van der Waals surface area contributed by atoms with Gasteiger partial charge in [-0.25, -0.2) is 0 Å². The van der Waals surface area contributed by atoms with Gasteiger partial charge in [0.1, 0.15) is 0 Å². The van der Waals surface area contributed by atoms with Crippen molar-refractivity contribution in [1.82, 2.24) is 4.57 Å². The van der Waals surface area contributed by atoms with Crippen LogP contribution < -0.4 is 0 Å². The quantitative estimate of drug-likeness (QED) is 0.537. The molecule has 0 aliphatic carbocycles. The predicted octanol–water partition coefficient (Wildman–Crippen LogP) is 4.63. The average Bonchev–Trinajstić information content (AvgIpc) is 2.63. The van der Waals surface area contributed by atoms with E-state index in [-0.39, 0.29) is 5.41 Å². The molecule has 1 nitrogen and oxygen atoms in total. The maximum absolute atomic E-state index is 2.29. The molecule has 0 radical (unpaired) electrons. The number of benzene rings is 2. The normalized spacial score (nSPS) is 12.4. The van der Waals surface area contributed by atoms with Crippen molar-refractivity contribution in [2.45, 2.75) is 26.2 Å². The molecule has 0 aliphatic heterocycles. The van der Waals surface area contributed by atoms with Crippen LogP contribution in [-0.2, 0) is 12.5 Å². The third-order valence-electron chi connectivity index (χ3n) is 3.75. The van der Waals surface area contributed by atoms with Crippen molar-refractivity contribution in [2.75, 3.05) is 0 Å². The Hall–Kier alpha value is -1.76. The Morgan fingerprint density at radius 1 is 0.833 bits per heavy atom. The molecule has 18 heavy (non-hydrogen) atoms. The lowest BCUT2D eigenvalue weighted by atomic mass is 9.84. The summed E-state index contributed by atoms with van der Waals surface area (Å²) in [5.41, 5.74) is 4.23. The minimum absolute atomic E-state index is 0.170. The molecule has 0 unspecified atom stereocenters. The lowest BCUT2D eigenvalue weighted by Gasteiger charge is -2.20. The second kappa shape index (κ2) is 3.61. The highest BCUT2D eigenvalue weighted by Gasteiger charge is 2.19. The van der Waals surface area contributed by atoms with Gasteiger partial charge in [0.2, 0.25) is 0 Å². The predicted molar refractivity (Wildman–Crippen MR) is 79.1 cm³/mol. The van der Waals surface area contributed by atoms with Crippen LogP contribution in [0.25, 0.3) is 21.8 Å². The van der Waals surface area contributed by atoms with Gasteiger partial charge in [0.25, 0.3) is 0 Å². The molecular formula is C17H19N. The number of hydrogen-bond acceptors (Lipinski definition) is 0. The maximum atomic E-state index is 2.29. The number of rotatable bonds is 0. The van der Waals surface area contributed by atoms with Gasteiger partial charge in [0, 0.05) is 28.9 Å². The van der Waals surface area contributed by atoms with Crippen molar-refractivity contribution in [3.8, 4) is 0 Å². The smallest absolute Gasteiger partial charge is 0.0491 e. The van der Waals surface area contributed by atoms with Crippen molar-refractivity contribution < 1.29 is 0 Å².